The fraction of sp³-hybridized carbons (Fsp3) is 0.217. The lowest BCUT2D eigenvalue weighted by Gasteiger charge is -2.20. The summed E-state index contributed by atoms with van der Waals surface area (Å²) in [5.74, 6) is 0.860. The number of aromatic nitrogens is 1. The SMILES string of the molecule is CON1C=C(N(c2ccccc2)c2ncc(-c3ccccc3CNC(=O)C(C)N)o2)OC1. The van der Waals surface area contributed by atoms with Gasteiger partial charge in [-0.15, -0.1) is 0 Å². The Balaban J connectivity index is 1.66. The van der Waals surface area contributed by atoms with E-state index in [1.54, 1.807) is 36.4 Å². The average molecular weight is 435 g/mol. The van der Waals surface area contributed by atoms with Crippen molar-refractivity contribution in [3.63, 3.8) is 0 Å². The van der Waals surface area contributed by atoms with Crippen molar-refractivity contribution in [2.24, 2.45) is 5.73 Å². The molecule has 4 rings (SSSR count). The predicted octanol–water partition coefficient (Wildman–Crippen LogP) is 3.09. The second kappa shape index (κ2) is 9.54. The molecule has 0 saturated carbocycles. The fourth-order valence-corrected chi connectivity index (χ4v) is 3.22. The van der Waals surface area contributed by atoms with Crippen molar-refractivity contribution in [2.45, 2.75) is 19.5 Å². The van der Waals surface area contributed by atoms with E-state index < -0.39 is 6.04 Å². The Morgan fingerprint density at radius 2 is 2.00 bits per heavy atom. The second-order valence-corrected chi connectivity index (χ2v) is 7.18. The number of amides is 1. The molecule has 1 unspecified atom stereocenters. The van der Waals surface area contributed by atoms with Crippen LogP contribution in [-0.4, -0.2) is 35.8 Å². The van der Waals surface area contributed by atoms with Gasteiger partial charge < -0.3 is 20.2 Å². The zero-order valence-electron chi connectivity index (χ0n) is 17.9. The van der Waals surface area contributed by atoms with Crippen LogP contribution in [0.5, 0.6) is 0 Å². The first kappa shape index (κ1) is 21.4. The van der Waals surface area contributed by atoms with Gasteiger partial charge in [-0.05, 0) is 24.6 Å². The lowest BCUT2D eigenvalue weighted by molar-refractivity contribution is -0.122. The van der Waals surface area contributed by atoms with Crippen LogP contribution in [0, 0.1) is 0 Å². The zero-order chi connectivity index (χ0) is 22.5. The summed E-state index contributed by atoms with van der Waals surface area (Å²) in [5, 5.41) is 4.40. The van der Waals surface area contributed by atoms with Crippen molar-refractivity contribution in [3.8, 4) is 11.3 Å². The maximum Gasteiger partial charge on any atom is 0.309 e. The highest BCUT2D eigenvalue weighted by Crippen LogP contribution is 2.35. The minimum Gasteiger partial charge on any atom is -0.454 e. The summed E-state index contributed by atoms with van der Waals surface area (Å²) in [6.07, 6.45) is 3.38. The maximum absolute atomic E-state index is 11.9. The van der Waals surface area contributed by atoms with Crippen LogP contribution in [0.1, 0.15) is 12.5 Å². The lowest BCUT2D eigenvalue weighted by atomic mass is 10.1. The van der Waals surface area contributed by atoms with E-state index in [-0.39, 0.29) is 12.6 Å². The third-order valence-electron chi connectivity index (χ3n) is 4.90. The molecule has 0 aliphatic carbocycles. The summed E-state index contributed by atoms with van der Waals surface area (Å²) in [4.78, 5) is 23.4. The number of carbonyl (C=O) groups excluding carboxylic acids is 1. The summed E-state index contributed by atoms with van der Waals surface area (Å²) >= 11 is 0. The highest BCUT2D eigenvalue weighted by molar-refractivity contribution is 5.81. The minimum absolute atomic E-state index is 0.221. The first-order chi connectivity index (χ1) is 15.6. The number of carbonyl (C=O) groups is 1. The highest BCUT2D eigenvalue weighted by atomic mass is 16.7. The number of para-hydroxylation sites is 1. The van der Waals surface area contributed by atoms with Gasteiger partial charge >= 0.3 is 6.01 Å². The van der Waals surface area contributed by atoms with Gasteiger partial charge in [0.15, 0.2) is 12.5 Å². The smallest absolute Gasteiger partial charge is 0.309 e. The molecule has 0 fully saturated rings. The largest absolute Gasteiger partial charge is 0.454 e. The molecular weight excluding hydrogens is 410 g/mol. The number of nitrogens with one attached hydrogen (secondary N) is 1. The Morgan fingerprint density at radius 1 is 1.25 bits per heavy atom. The minimum atomic E-state index is -0.579. The number of anilines is 2. The number of oxazole rings is 1. The van der Waals surface area contributed by atoms with E-state index in [1.807, 2.05) is 54.6 Å². The van der Waals surface area contributed by atoms with Gasteiger partial charge in [0.2, 0.25) is 11.8 Å². The Hall–Kier alpha value is -3.82. The first-order valence-electron chi connectivity index (χ1n) is 10.1. The van der Waals surface area contributed by atoms with Crippen molar-refractivity contribution in [1.82, 2.24) is 15.4 Å². The zero-order valence-corrected chi connectivity index (χ0v) is 17.9. The molecule has 3 N–H and O–H groups in total. The average Bonchev–Trinajstić information content (AvgIpc) is 3.49. The molecule has 166 valence electrons. The first-order valence-corrected chi connectivity index (χ1v) is 10.1. The van der Waals surface area contributed by atoms with Crippen molar-refractivity contribution >= 4 is 17.6 Å². The van der Waals surface area contributed by atoms with Crippen LogP contribution in [0.2, 0.25) is 0 Å². The molecular formula is C23H25N5O4. The van der Waals surface area contributed by atoms with Crippen LogP contribution in [0.3, 0.4) is 0 Å². The maximum atomic E-state index is 11.9. The van der Waals surface area contributed by atoms with Gasteiger partial charge in [0.1, 0.15) is 0 Å². The Kier molecular flexibility index (Phi) is 6.39. The lowest BCUT2D eigenvalue weighted by Crippen LogP contribution is -2.37. The van der Waals surface area contributed by atoms with Gasteiger partial charge in [0, 0.05) is 12.1 Å². The fourth-order valence-electron chi connectivity index (χ4n) is 3.22. The third-order valence-corrected chi connectivity index (χ3v) is 4.90. The standard InChI is InChI=1S/C23H25N5O4/c1-16(24)22(29)25-12-17-8-6-7-11-19(17)20-13-26-23(32-20)28(18-9-4-3-5-10-18)21-14-27(30-2)15-31-21/h3-11,13-14,16H,12,15,24H2,1-2H3,(H,25,29). The molecule has 0 saturated heterocycles. The van der Waals surface area contributed by atoms with Crippen molar-refractivity contribution in [2.75, 3.05) is 18.7 Å². The van der Waals surface area contributed by atoms with Crippen molar-refractivity contribution < 1.29 is 18.8 Å². The second-order valence-electron chi connectivity index (χ2n) is 7.18. The molecule has 0 radical (unpaired) electrons. The van der Waals surface area contributed by atoms with E-state index in [1.165, 1.54) is 0 Å². The number of rotatable bonds is 8. The summed E-state index contributed by atoms with van der Waals surface area (Å²) in [6.45, 7) is 2.23. The van der Waals surface area contributed by atoms with Crippen LogP contribution in [-0.2, 0) is 20.9 Å². The molecule has 2 aromatic carbocycles. The van der Waals surface area contributed by atoms with Gasteiger partial charge in [-0.25, -0.2) is 14.9 Å². The molecule has 1 atom stereocenters. The Labute approximate surface area is 186 Å². The number of hydroxylamine groups is 2. The van der Waals surface area contributed by atoms with E-state index in [2.05, 4.69) is 10.3 Å². The number of ether oxygens (including phenoxy) is 1. The summed E-state index contributed by atoms with van der Waals surface area (Å²) in [6, 6.07) is 17.1. The Bertz CT molecular complexity index is 1100. The van der Waals surface area contributed by atoms with Crippen LogP contribution >= 0.6 is 0 Å². The van der Waals surface area contributed by atoms with Gasteiger partial charge in [-0.1, -0.05) is 42.5 Å². The summed E-state index contributed by atoms with van der Waals surface area (Å²) in [5.41, 5.74) is 8.18. The van der Waals surface area contributed by atoms with Gasteiger partial charge in [-0.3, -0.25) is 9.63 Å². The van der Waals surface area contributed by atoms with E-state index in [0.717, 1.165) is 16.8 Å². The predicted molar refractivity (Wildman–Crippen MR) is 119 cm³/mol. The number of nitrogens with two attached hydrogens (primary N) is 1. The molecule has 32 heavy (non-hydrogen) atoms. The van der Waals surface area contributed by atoms with Crippen LogP contribution in [0.15, 0.2) is 77.3 Å². The summed E-state index contributed by atoms with van der Waals surface area (Å²) < 4.78 is 11.9. The van der Waals surface area contributed by atoms with E-state index >= 15 is 0 Å². The molecule has 0 bridgehead atoms. The number of benzene rings is 2. The molecule has 9 nitrogen and oxygen atoms in total. The van der Waals surface area contributed by atoms with Crippen LogP contribution in [0.4, 0.5) is 11.7 Å². The number of hydrogen-bond acceptors (Lipinski definition) is 8. The molecule has 2 heterocycles. The normalized spacial score (nSPS) is 14.0. The Morgan fingerprint density at radius 3 is 2.72 bits per heavy atom. The molecule has 1 aliphatic heterocycles. The van der Waals surface area contributed by atoms with Crippen molar-refractivity contribution in [1.29, 1.82) is 0 Å². The van der Waals surface area contributed by atoms with Gasteiger partial charge in [0.25, 0.3) is 0 Å². The monoisotopic (exact) mass is 435 g/mol. The van der Waals surface area contributed by atoms with Gasteiger partial charge in [0.05, 0.1) is 31.2 Å². The molecule has 3 aromatic rings. The van der Waals surface area contributed by atoms with Gasteiger partial charge in [-0.2, -0.15) is 0 Å². The molecule has 1 amide bonds. The number of nitrogens with zero attached hydrogens (tertiary/aromatic N) is 3. The third kappa shape index (κ3) is 4.58. The molecule has 1 aliphatic rings. The van der Waals surface area contributed by atoms with E-state index in [0.29, 0.717) is 24.2 Å². The van der Waals surface area contributed by atoms with E-state index in [9.17, 15) is 4.79 Å². The molecule has 9 heteroatoms. The molecule has 0 spiro atoms. The summed E-state index contributed by atoms with van der Waals surface area (Å²) in [7, 11) is 1.57. The van der Waals surface area contributed by atoms with Crippen molar-refractivity contribution in [3.05, 3.63) is 78.4 Å². The van der Waals surface area contributed by atoms with Crippen LogP contribution < -0.4 is 16.0 Å². The quantitative estimate of drug-likeness (QED) is 0.556. The number of hydrogen-bond donors (Lipinski definition) is 2. The van der Waals surface area contributed by atoms with Crippen LogP contribution in [0.25, 0.3) is 11.3 Å². The van der Waals surface area contributed by atoms with E-state index in [4.69, 9.17) is 19.7 Å². The topological polar surface area (TPSA) is 106 Å². The molecule has 1 aromatic heterocycles. The highest BCUT2D eigenvalue weighted by Gasteiger charge is 2.26.